The van der Waals surface area contributed by atoms with E-state index in [0.717, 1.165) is 22.0 Å². The largest absolute Gasteiger partial charge is 0.350 e. The van der Waals surface area contributed by atoms with Crippen molar-refractivity contribution >= 4 is 50.7 Å². The Morgan fingerprint density at radius 3 is 1.93 bits per heavy atom. The standard InChI is InChI=1S/C34H34Cl2FN3O4S/c1-34(2,3)38-33(42)31(21-24-11-6-4-7-12-24)39(22-28-29(35)15-10-16-30(28)36)32(41)23-40(26-19-17-25(37)18-20-26)45(43,44)27-13-8-5-9-14-27/h4-20,31H,21-23H2,1-3H3,(H,38,42)/t31-/m0/s1. The number of rotatable bonds is 11. The summed E-state index contributed by atoms with van der Waals surface area (Å²) in [7, 11) is -4.31. The third-order valence-electron chi connectivity index (χ3n) is 6.88. The van der Waals surface area contributed by atoms with Crippen LogP contribution in [0.2, 0.25) is 10.0 Å². The molecule has 7 nitrogen and oxygen atoms in total. The van der Waals surface area contributed by atoms with Gasteiger partial charge in [-0.1, -0.05) is 77.8 Å². The summed E-state index contributed by atoms with van der Waals surface area (Å²) in [6.45, 7) is 4.59. The first kappa shape index (κ1) is 34.0. The van der Waals surface area contributed by atoms with Crippen LogP contribution < -0.4 is 9.62 Å². The lowest BCUT2D eigenvalue weighted by Crippen LogP contribution is -2.56. The third-order valence-corrected chi connectivity index (χ3v) is 9.38. The summed E-state index contributed by atoms with van der Waals surface area (Å²) in [5.41, 5.74) is 0.611. The van der Waals surface area contributed by atoms with Crippen molar-refractivity contribution in [3.63, 3.8) is 0 Å². The molecular weight excluding hydrogens is 636 g/mol. The van der Waals surface area contributed by atoms with E-state index in [0.29, 0.717) is 5.56 Å². The van der Waals surface area contributed by atoms with Crippen LogP contribution in [-0.2, 0) is 32.6 Å². The van der Waals surface area contributed by atoms with Crippen molar-refractivity contribution in [1.82, 2.24) is 10.2 Å². The second-order valence-corrected chi connectivity index (χ2v) is 14.1. The first-order valence-electron chi connectivity index (χ1n) is 14.2. The topological polar surface area (TPSA) is 86.8 Å². The van der Waals surface area contributed by atoms with Gasteiger partial charge in [-0.05, 0) is 74.9 Å². The van der Waals surface area contributed by atoms with Gasteiger partial charge in [-0.15, -0.1) is 0 Å². The number of nitrogens with zero attached hydrogens (tertiary/aromatic N) is 2. The van der Waals surface area contributed by atoms with Gasteiger partial charge in [0, 0.05) is 34.1 Å². The van der Waals surface area contributed by atoms with Gasteiger partial charge in [0.25, 0.3) is 10.0 Å². The Balaban J connectivity index is 1.84. The van der Waals surface area contributed by atoms with Crippen molar-refractivity contribution in [2.75, 3.05) is 10.8 Å². The maximum atomic E-state index is 14.5. The maximum Gasteiger partial charge on any atom is 0.264 e. The molecule has 0 spiro atoms. The van der Waals surface area contributed by atoms with E-state index in [2.05, 4.69) is 5.32 Å². The Morgan fingerprint density at radius 1 is 0.822 bits per heavy atom. The molecule has 4 aromatic carbocycles. The van der Waals surface area contributed by atoms with Crippen LogP contribution in [0.25, 0.3) is 0 Å². The molecule has 4 aromatic rings. The van der Waals surface area contributed by atoms with Crippen molar-refractivity contribution in [3.8, 4) is 0 Å². The number of benzene rings is 4. The SMILES string of the molecule is CC(C)(C)NC(=O)[C@H](Cc1ccccc1)N(Cc1c(Cl)cccc1Cl)C(=O)CN(c1ccc(F)cc1)S(=O)(=O)c1ccccc1. The fraction of sp³-hybridized carbons (Fsp3) is 0.235. The molecule has 0 fully saturated rings. The van der Waals surface area contributed by atoms with Crippen LogP contribution in [0.5, 0.6) is 0 Å². The van der Waals surface area contributed by atoms with Crippen molar-refractivity contribution < 1.29 is 22.4 Å². The number of carbonyl (C=O) groups is 2. The number of sulfonamides is 1. The summed E-state index contributed by atoms with van der Waals surface area (Å²) in [4.78, 5) is 29.7. The smallest absolute Gasteiger partial charge is 0.264 e. The third kappa shape index (κ3) is 8.84. The zero-order chi connectivity index (χ0) is 32.8. The number of hydrogen-bond donors (Lipinski definition) is 1. The highest BCUT2D eigenvalue weighted by molar-refractivity contribution is 7.92. The molecule has 1 atom stereocenters. The van der Waals surface area contributed by atoms with Gasteiger partial charge in [0.1, 0.15) is 18.4 Å². The predicted molar refractivity (Wildman–Crippen MR) is 176 cm³/mol. The summed E-state index contributed by atoms with van der Waals surface area (Å²) >= 11 is 13.1. The maximum absolute atomic E-state index is 14.5. The number of anilines is 1. The predicted octanol–water partition coefficient (Wildman–Crippen LogP) is 6.88. The molecule has 2 amide bonds. The Hall–Kier alpha value is -3.92. The average Bonchev–Trinajstić information content (AvgIpc) is 2.99. The molecule has 0 aliphatic rings. The van der Waals surface area contributed by atoms with Crippen LogP contribution in [0.3, 0.4) is 0 Å². The van der Waals surface area contributed by atoms with Crippen LogP contribution in [0.15, 0.2) is 108 Å². The van der Waals surface area contributed by atoms with Gasteiger partial charge in [0.15, 0.2) is 0 Å². The molecule has 0 aliphatic carbocycles. The van der Waals surface area contributed by atoms with Crippen LogP contribution in [0, 0.1) is 5.82 Å². The van der Waals surface area contributed by atoms with Gasteiger partial charge < -0.3 is 10.2 Å². The number of carbonyl (C=O) groups excluding carboxylic acids is 2. The molecule has 0 saturated heterocycles. The molecule has 0 aliphatic heterocycles. The zero-order valence-electron chi connectivity index (χ0n) is 25.1. The van der Waals surface area contributed by atoms with Crippen molar-refractivity contribution in [1.29, 1.82) is 0 Å². The minimum Gasteiger partial charge on any atom is -0.350 e. The van der Waals surface area contributed by atoms with Crippen molar-refractivity contribution in [2.45, 2.75) is 50.2 Å². The van der Waals surface area contributed by atoms with Crippen LogP contribution in [0.1, 0.15) is 31.9 Å². The summed E-state index contributed by atoms with van der Waals surface area (Å²) in [5.74, 6) is -1.71. The quantitative estimate of drug-likeness (QED) is 0.189. The second kappa shape index (κ2) is 14.5. The first-order valence-corrected chi connectivity index (χ1v) is 16.4. The average molecular weight is 671 g/mol. The number of halogens is 3. The molecular formula is C34H34Cl2FN3O4S. The van der Waals surface area contributed by atoms with Crippen LogP contribution in [0.4, 0.5) is 10.1 Å². The van der Waals surface area contributed by atoms with Gasteiger partial charge in [0.05, 0.1) is 10.6 Å². The minimum atomic E-state index is -4.31. The van der Waals surface area contributed by atoms with Gasteiger partial charge in [0.2, 0.25) is 11.8 Å². The summed E-state index contributed by atoms with van der Waals surface area (Å²) in [6, 6.07) is 25.4. The highest BCUT2D eigenvalue weighted by Gasteiger charge is 2.36. The Kier molecular flexibility index (Phi) is 10.9. The highest BCUT2D eigenvalue weighted by atomic mass is 35.5. The molecule has 0 radical (unpaired) electrons. The molecule has 0 heterocycles. The molecule has 11 heteroatoms. The molecule has 45 heavy (non-hydrogen) atoms. The van der Waals surface area contributed by atoms with E-state index in [1.807, 2.05) is 51.1 Å². The van der Waals surface area contributed by atoms with E-state index in [1.54, 1.807) is 36.4 Å². The number of nitrogens with one attached hydrogen (secondary N) is 1. The first-order chi connectivity index (χ1) is 21.3. The minimum absolute atomic E-state index is 0.0610. The lowest BCUT2D eigenvalue weighted by Gasteiger charge is -2.35. The molecule has 1 N–H and O–H groups in total. The van der Waals surface area contributed by atoms with E-state index in [9.17, 15) is 22.4 Å². The second-order valence-electron chi connectivity index (χ2n) is 11.5. The lowest BCUT2D eigenvalue weighted by atomic mass is 10.0. The molecule has 0 saturated carbocycles. The van der Waals surface area contributed by atoms with E-state index in [-0.39, 0.29) is 33.6 Å². The highest BCUT2D eigenvalue weighted by Crippen LogP contribution is 2.29. The van der Waals surface area contributed by atoms with Crippen LogP contribution >= 0.6 is 23.2 Å². The van der Waals surface area contributed by atoms with E-state index in [1.165, 1.54) is 29.2 Å². The van der Waals surface area contributed by atoms with Gasteiger partial charge >= 0.3 is 0 Å². The van der Waals surface area contributed by atoms with Crippen molar-refractivity contribution in [3.05, 3.63) is 130 Å². The number of hydrogen-bond acceptors (Lipinski definition) is 4. The molecule has 0 unspecified atom stereocenters. The number of amides is 2. The van der Waals surface area contributed by atoms with E-state index < -0.39 is 45.8 Å². The van der Waals surface area contributed by atoms with Crippen LogP contribution in [-0.4, -0.2) is 43.3 Å². The lowest BCUT2D eigenvalue weighted by molar-refractivity contribution is -0.140. The normalized spacial score (nSPS) is 12.3. The Labute approximate surface area is 273 Å². The fourth-order valence-corrected chi connectivity index (χ4v) is 6.67. The van der Waals surface area contributed by atoms with Gasteiger partial charge in [-0.25, -0.2) is 12.8 Å². The molecule has 0 aromatic heterocycles. The van der Waals surface area contributed by atoms with Gasteiger partial charge in [-0.3, -0.25) is 13.9 Å². The van der Waals surface area contributed by atoms with Gasteiger partial charge in [-0.2, -0.15) is 0 Å². The molecule has 236 valence electrons. The zero-order valence-corrected chi connectivity index (χ0v) is 27.4. The molecule has 0 bridgehead atoms. The summed E-state index contributed by atoms with van der Waals surface area (Å²) < 4.78 is 42.7. The van der Waals surface area contributed by atoms with Crippen molar-refractivity contribution in [2.24, 2.45) is 0 Å². The summed E-state index contributed by atoms with van der Waals surface area (Å²) in [5, 5.41) is 3.52. The Bertz CT molecular complexity index is 1710. The Morgan fingerprint density at radius 2 is 1.38 bits per heavy atom. The van der Waals surface area contributed by atoms with E-state index in [4.69, 9.17) is 23.2 Å². The molecule has 4 rings (SSSR count). The monoisotopic (exact) mass is 669 g/mol. The fourth-order valence-electron chi connectivity index (χ4n) is 4.72. The summed E-state index contributed by atoms with van der Waals surface area (Å²) in [6.07, 6.45) is 0.124. The van der Waals surface area contributed by atoms with E-state index >= 15 is 0 Å².